The molecule has 2 unspecified atom stereocenters. The molecule has 0 N–H and O–H groups in total. The van der Waals surface area contributed by atoms with E-state index in [-0.39, 0.29) is 23.7 Å². The molecule has 1 fully saturated rings. The summed E-state index contributed by atoms with van der Waals surface area (Å²) in [4.78, 5) is 34.2. The number of likely N-dealkylation sites (tertiary alicyclic amines) is 1. The van der Waals surface area contributed by atoms with Crippen molar-refractivity contribution in [1.82, 2.24) is 14.7 Å². The van der Waals surface area contributed by atoms with E-state index in [1.54, 1.807) is 13.1 Å². The average Bonchev–Trinajstić information content (AvgIpc) is 3.17. The maximum atomic E-state index is 11.9. The van der Waals surface area contributed by atoms with Crippen molar-refractivity contribution in [2.24, 2.45) is 10.9 Å². The van der Waals surface area contributed by atoms with E-state index in [1.807, 2.05) is 29.2 Å². The number of benzene rings is 1. The molecule has 2 aliphatic rings. The van der Waals surface area contributed by atoms with Crippen LogP contribution < -0.4 is 0 Å². The number of fused-ring (bicyclic) bond motifs is 1. The fourth-order valence-electron chi connectivity index (χ4n) is 4.40. The van der Waals surface area contributed by atoms with Gasteiger partial charge in [0.05, 0.1) is 5.92 Å². The fourth-order valence-corrected chi connectivity index (χ4v) is 4.66. The number of aliphatic imine (C=N–C) groups is 1. The van der Waals surface area contributed by atoms with Crippen molar-refractivity contribution in [3.8, 4) is 0 Å². The minimum Gasteiger partial charge on any atom is -0.343 e. The number of carbonyl (C=O) groups excluding carboxylic acids is 2. The van der Waals surface area contributed by atoms with Crippen molar-refractivity contribution in [3.63, 3.8) is 0 Å². The van der Waals surface area contributed by atoms with Crippen LogP contribution in [0, 0.1) is 12.5 Å². The van der Waals surface area contributed by atoms with E-state index < -0.39 is 6.04 Å². The normalized spacial score (nSPS) is 21.5. The van der Waals surface area contributed by atoms with Gasteiger partial charge in [0.25, 0.3) is 6.04 Å². The summed E-state index contributed by atoms with van der Waals surface area (Å²) in [7, 11) is 0. The molecule has 0 bridgehead atoms. The third kappa shape index (κ3) is 3.52. The zero-order valence-corrected chi connectivity index (χ0v) is 17.6. The van der Waals surface area contributed by atoms with E-state index in [0.717, 1.165) is 29.7 Å². The van der Waals surface area contributed by atoms with E-state index in [0.29, 0.717) is 23.9 Å². The Kier molecular flexibility index (Phi) is 5.44. The summed E-state index contributed by atoms with van der Waals surface area (Å²) in [5.41, 5.74) is 2.35. The first-order valence-electron chi connectivity index (χ1n) is 9.96. The molecular weight excluding hydrogens is 402 g/mol. The van der Waals surface area contributed by atoms with E-state index >= 15 is 0 Å². The molecule has 1 saturated heterocycles. The highest BCUT2D eigenvalue weighted by atomic mass is 35.5. The van der Waals surface area contributed by atoms with E-state index in [2.05, 4.69) is 9.94 Å². The predicted molar refractivity (Wildman–Crippen MR) is 114 cm³/mol. The van der Waals surface area contributed by atoms with Crippen LogP contribution in [0.5, 0.6) is 0 Å². The van der Waals surface area contributed by atoms with Gasteiger partial charge in [-0.2, -0.15) is 0 Å². The maximum Gasteiger partial charge on any atom is 0.272 e. The summed E-state index contributed by atoms with van der Waals surface area (Å²) < 4.78 is 1.28. The Morgan fingerprint density at radius 1 is 1.13 bits per heavy atom. The Bertz CT molecular complexity index is 1080. The molecule has 3 heterocycles. The number of rotatable bonds is 2. The van der Waals surface area contributed by atoms with E-state index in [4.69, 9.17) is 23.2 Å². The number of halogens is 1. The highest BCUT2D eigenvalue weighted by molar-refractivity contribution is 6.31. The number of hydrogen-bond donors (Lipinski definition) is 0. The standard InChI is InChI=1S/C22H22ClN5O2/c1-13(29)27-10-8-15(9-11-27)20-21(24-3)19(16-6-4-5-7-18(16)23)17-12-28(14(2)30)26-22(17)25-20/h4-7,12,15,19,21H,8-11H2,1-2H3. The third-order valence-corrected chi connectivity index (χ3v) is 6.32. The highest BCUT2D eigenvalue weighted by Gasteiger charge is 2.45. The first-order valence-corrected chi connectivity index (χ1v) is 10.3. The maximum absolute atomic E-state index is 11.9. The first-order chi connectivity index (χ1) is 14.4. The molecule has 2 aromatic rings. The topological polar surface area (TPSA) is 71.9 Å². The van der Waals surface area contributed by atoms with Gasteiger partial charge in [0, 0.05) is 49.6 Å². The molecule has 0 radical (unpaired) electrons. The molecule has 154 valence electrons. The van der Waals surface area contributed by atoms with Gasteiger partial charge in [-0.3, -0.25) is 9.59 Å². The second-order valence-electron chi connectivity index (χ2n) is 7.76. The molecule has 0 aliphatic carbocycles. The van der Waals surface area contributed by atoms with Gasteiger partial charge in [0.2, 0.25) is 11.8 Å². The van der Waals surface area contributed by atoms with Crippen LogP contribution >= 0.6 is 11.6 Å². The van der Waals surface area contributed by atoms with Crippen molar-refractivity contribution >= 4 is 34.9 Å². The molecule has 8 heteroatoms. The predicted octanol–water partition coefficient (Wildman–Crippen LogP) is 3.96. The average molecular weight is 424 g/mol. The van der Waals surface area contributed by atoms with Gasteiger partial charge in [-0.1, -0.05) is 29.8 Å². The van der Waals surface area contributed by atoms with Crippen LogP contribution in [0.2, 0.25) is 5.02 Å². The lowest BCUT2D eigenvalue weighted by Crippen LogP contribution is -2.42. The molecule has 2 aliphatic heterocycles. The molecule has 1 aromatic heterocycles. The molecule has 30 heavy (non-hydrogen) atoms. The van der Waals surface area contributed by atoms with Crippen molar-refractivity contribution in [3.05, 3.63) is 58.0 Å². The summed E-state index contributed by atoms with van der Waals surface area (Å²) in [5.74, 6) is 0.0577. The Labute approximate surface area is 180 Å². The van der Waals surface area contributed by atoms with Gasteiger partial charge in [0.15, 0.2) is 5.82 Å². The van der Waals surface area contributed by atoms with Gasteiger partial charge in [-0.15, -0.1) is 5.10 Å². The van der Waals surface area contributed by atoms with Gasteiger partial charge in [0.1, 0.15) is 5.71 Å². The Balaban J connectivity index is 1.80. The van der Waals surface area contributed by atoms with E-state index in [9.17, 15) is 9.59 Å². The second kappa shape index (κ2) is 8.04. The Morgan fingerprint density at radius 2 is 1.83 bits per heavy atom. The van der Waals surface area contributed by atoms with Gasteiger partial charge >= 0.3 is 0 Å². The molecule has 7 nitrogen and oxygen atoms in total. The molecule has 0 spiro atoms. The number of carbonyl (C=O) groups is 2. The van der Waals surface area contributed by atoms with Crippen LogP contribution in [0.4, 0.5) is 5.82 Å². The van der Waals surface area contributed by atoms with Crippen LogP contribution in [0.3, 0.4) is 0 Å². The number of piperidine rings is 1. The molecular formula is C22H22ClN5O2. The number of aromatic nitrogens is 2. The minimum absolute atomic E-state index is 0.0668. The van der Waals surface area contributed by atoms with Crippen molar-refractivity contribution < 1.29 is 9.59 Å². The largest absolute Gasteiger partial charge is 0.343 e. The Morgan fingerprint density at radius 3 is 2.43 bits per heavy atom. The van der Waals surface area contributed by atoms with Crippen molar-refractivity contribution in [2.45, 2.75) is 38.6 Å². The summed E-state index contributed by atoms with van der Waals surface area (Å²) in [6.07, 6.45) is 3.17. The quantitative estimate of drug-likeness (QED) is 0.686. The lowest BCUT2D eigenvalue weighted by Gasteiger charge is -2.34. The summed E-state index contributed by atoms with van der Waals surface area (Å²) in [6.45, 7) is 12.3. The minimum atomic E-state index is -0.532. The molecule has 4 rings (SSSR count). The SMILES string of the molecule is [C-]#[N+]C1C(C2CCN(C(C)=O)CC2)=Nc2nn(C(C)=O)cc2C1c1ccccc1Cl. The zero-order chi connectivity index (χ0) is 21.4. The molecule has 0 saturated carbocycles. The summed E-state index contributed by atoms with van der Waals surface area (Å²) in [6, 6.07) is 6.95. The second-order valence-corrected chi connectivity index (χ2v) is 8.17. The summed E-state index contributed by atoms with van der Waals surface area (Å²) >= 11 is 6.52. The number of hydrogen-bond acceptors (Lipinski definition) is 4. The molecule has 2 atom stereocenters. The third-order valence-electron chi connectivity index (χ3n) is 5.97. The molecule has 1 aromatic carbocycles. The fraction of sp³-hybridized carbons (Fsp3) is 0.409. The van der Waals surface area contributed by atoms with Gasteiger partial charge in [-0.05, 0) is 24.5 Å². The van der Waals surface area contributed by atoms with Crippen molar-refractivity contribution in [1.29, 1.82) is 0 Å². The smallest absolute Gasteiger partial charge is 0.272 e. The lowest BCUT2D eigenvalue weighted by atomic mass is 9.76. The van der Waals surface area contributed by atoms with Crippen LogP contribution in [-0.4, -0.2) is 51.3 Å². The monoisotopic (exact) mass is 423 g/mol. The van der Waals surface area contributed by atoms with Gasteiger partial charge in [-0.25, -0.2) is 16.2 Å². The van der Waals surface area contributed by atoms with Crippen LogP contribution in [0.25, 0.3) is 4.85 Å². The number of amides is 1. The molecule has 1 amide bonds. The Hall–Kier alpha value is -2.98. The van der Waals surface area contributed by atoms with E-state index in [1.165, 1.54) is 11.6 Å². The number of nitrogens with zero attached hydrogens (tertiary/aromatic N) is 5. The van der Waals surface area contributed by atoms with Crippen LogP contribution in [0.15, 0.2) is 35.5 Å². The summed E-state index contributed by atoms with van der Waals surface area (Å²) in [5, 5.41) is 4.96. The lowest BCUT2D eigenvalue weighted by molar-refractivity contribution is -0.129. The zero-order valence-electron chi connectivity index (χ0n) is 16.9. The van der Waals surface area contributed by atoms with Crippen LogP contribution in [-0.2, 0) is 4.79 Å². The highest BCUT2D eigenvalue weighted by Crippen LogP contribution is 2.44. The first kappa shape index (κ1) is 20.3. The van der Waals surface area contributed by atoms with Crippen LogP contribution in [0.1, 0.15) is 48.5 Å². The van der Waals surface area contributed by atoms with Crippen molar-refractivity contribution in [2.75, 3.05) is 13.1 Å². The van der Waals surface area contributed by atoms with Gasteiger partial charge < -0.3 is 9.74 Å².